The Kier molecular flexibility index (Phi) is 4.13. The molecule has 6 nitrogen and oxygen atoms in total. The lowest BCUT2D eigenvalue weighted by atomic mass is 9.58. The molecule has 3 fully saturated rings. The number of hydrogen-bond donors (Lipinski definition) is 1. The first-order valence-corrected chi connectivity index (χ1v) is 9.06. The first-order chi connectivity index (χ1) is 10.6. The van der Waals surface area contributed by atoms with Gasteiger partial charge in [0.2, 0.25) is 0 Å². The molecule has 1 saturated heterocycles. The molecule has 3 rings (SSSR count). The van der Waals surface area contributed by atoms with Crippen LogP contribution in [0.4, 0.5) is 13.2 Å². The lowest BCUT2D eigenvalue weighted by Gasteiger charge is -2.52. The fourth-order valence-corrected chi connectivity index (χ4v) is 4.90. The van der Waals surface area contributed by atoms with Crippen LogP contribution >= 0.6 is 0 Å². The second-order valence-electron chi connectivity index (χ2n) is 6.52. The second kappa shape index (κ2) is 5.59. The summed E-state index contributed by atoms with van der Waals surface area (Å²) in [4.78, 5) is 12.4. The number of hydrogen-bond acceptors (Lipinski definition) is 5. The summed E-state index contributed by atoms with van der Waals surface area (Å²) in [6.45, 7) is 0. The normalized spacial score (nSPS) is 38.3. The number of halogens is 3. The number of carbonyl (C=O) groups excluding carboxylic acids is 1. The summed E-state index contributed by atoms with van der Waals surface area (Å²) in [5, 5.41) is 10.3. The standard InChI is InChI=1S/C13H18F3NO5S/c14-13(15,16)23(20,21)22-17-11(18)8-5-1-3-7-4-2-6-9(10(7)8)12(17)19/h7-11,18H,1-6H2. The average molecular weight is 357 g/mol. The van der Waals surface area contributed by atoms with Crippen molar-refractivity contribution in [2.75, 3.05) is 0 Å². The Morgan fingerprint density at radius 2 is 1.74 bits per heavy atom. The molecule has 0 aromatic rings. The van der Waals surface area contributed by atoms with Crippen LogP contribution in [-0.4, -0.2) is 36.2 Å². The number of carbonyl (C=O) groups is 1. The van der Waals surface area contributed by atoms with E-state index in [9.17, 15) is 31.5 Å². The van der Waals surface area contributed by atoms with Crippen LogP contribution in [0.3, 0.4) is 0 Å². The van der Waals surface area contributed by atoms with Crippen LogP contribution in [0.5, 0.6) is 0 Å². The molecule has 1 aliphatic heterocycles. The number of nitrogens with zero attached hydrogens (tertiary/aromatic N) is 1. The van der Waals surface area contributed by atoms with Crippen LogP contribution in [0.25, 0.3) is 0 Å². The van der Waals surface area contributed by atoms with E-state index in [1.807, 2.05) is 0 Å². The fourth-order valence-electron chi connectivity index (χ4n) is 4.44. The lowest BCUT2D eigenvalue weighted by Crippen LogP contribution is -2.60. The van der Waals surface area contributed by atoms with E-state index < -0.39 is 39.6 Å². The topological polar surface area (TPSA) is 83.9 Å². The Balaban J connectivity index is 1.89. The molecule has 5 unspecified atom stereocenters. The summed E-state index contributed by atoms with van der Waals surface area (Å²) in [7, 11) is -5.98. The van der Waals surface area contributed by atoms with Gasteiger partial charge >= 0.3 is 15.6 Å². The largest absolute Gasteiger partial charge is 0.525 e. The molecule has 132 valence electrons. The van der Waals surface area contributed by atoms with Crippen molar-refractivity contribution in [3.63, 3.8) is 0 Å². The van der Waals surface area contributed by atoms with E-state index in [1.54, 1.807) is 0 Å². The molecule has 0 radical (unpaired) electrons. The monoisotopic (exact) mass is 357 g/mol. The second-order valence-corrected chi connectivity index (χ2v) is 8.04. The number of aliphatic hydroxyl groups excluding tert-OH is 1. The summed E-state index contributed by atoms with van der Waals surface area (Å²) in [6.07, 6.45) is 2.78. The Morgan fingerprint density at radius 1 is 1.13 bits per heavy atom. The minimum Gasteiger partial charge on any atom is -0.371 e. The Labute approximate surface area is 131 Å². The fraction of sp³-hybridized carbons (Fsp3) is 0.923. The summed E-state index contributed by atoms with van der Waals surface area (Å²) >= 11 is 0. The lowest BCUT2D eigenvalue weighted by molar-refractivity contribution is -0.243. The van der Waals surface area contributed by atoms with Gasteiger partial charge in [-0.1, -0.05) is 25.7 Å². The van der Waals surface area contributed by atoms with E-state index >= 15 is 0 Å². The number of aliphatic hydroxyl groups is 1. The zero-order chi connectivity index (χ0) is 17.0. The average Bonchev–Trinajstić information content (AvgIpc) is 2.48. The van der Waals surface area contributed by atoms with E-state index in [2.05, 4.69) is 4.28 Å². The molecule has 3 aliphatic rings. The van der Waals surface area contributed by atoms with Crippen molar-refractivity contribution in [2.24, 2.45) is 23.7 Å². The van der Waals surface area contributed by atoms with E-state index in [-0.39, 0.29) is 16.9 Å². The molecule has 1 N–H and O–H groups in total. The summed E-state index contributed by atoms with van der Waals surface area (Å²) in [6, 6.07) is 0. The van der Waals surface area contributed by atoms with Crippen molar-refractivity contribution in [2.45, 2.75) is 50.3 Å². The molecule has 2 aliphatic carbocycles. The van der Waals surface area contributed by atoms with Gasteiger partial charge in [0, 0.05) is 11.8 Å². The molecule has 2 saturated carbocycles. The van der Waals surface area contributed by atoms with Crippen molar-refractivity contribution in [3.8, 4) is 0 Å². The number of rotatable bonds is 2. The molecule has 10 heteroatoms. The number of hydroxylamine groups is 2. The van der Waals surface area contributed by atoms with E-state index in [0.717, 1.165) is 25.7 Å². The quantitative estimate of drug-likeness (QED) is 0.762. The smallest absolute Gasteiger partial charge is 0.371 e. The molecule has 23 heavy (non-hydrogen) atoms. The third kappa shape index (κ3) is 2.74. The van der Waals surface area contributed by atoms with E-state index in [0.29, 0.717) is 12.8 Å². The van der Waals surface area contributed by atoms with Crippen molar-refractivity contribution < 1.29 is 35.8 Å². The van der Waals surface area contributed by atoms with Gasteiger partial charge in [0.1, 0.15) is 0 Å². The minimum absolute atomic E-state index is 0.0440. The highest BCUT2D eigenvalue weighted by Crippen LogP contribution is 2.51. The molecule has 0 spiro atoms. The van der Waals surface area contributed by atoms with Crippen molar-refractivity contribution in [1.29, 1.82) is 0 Å². The molecule has 0 aromatic heterocycles. The molecule has 0 aromatic carbocycles. The SMILES string of the molecule is O=C1C2CCCC3CCCC(C32)C(O)N1OS(=O)(=O)C(F)(F)F. The maximum absolute atomic E-state index is 12.5. The van der Waals surface area contributed by atoms with Crippen molar-refractivity contribution >= 4 is 16.0 Å². The van der Waals surface area contributed by atoms with E-state index in [4.69, 9.17) is 0 Å². The number of piperidine rings is 1. The highest BCUT2D eigenvalue weighted by molar-refractivity contribution is 7.87. The van der Waals surface area contributed by atoms with E-state index in [1.165, 1.54) is 0 Å². The Bertz CT molecular complexity index is 591. The first kappa shape index (κ1) is 17.0. The van der Waals surface area contributed by atoms with Gasteiger partial charge in [-0.25, -0.2) is 0 Å². The summed E-state index contributed by atoms with van der Waals surface area (Å²) in [5.41, 5.74) is -5.65. The number of amides is 1. The zero-order valence-corrected chi connectivity index (χ0v) is 13.0. The highest BCUT2D eigenvalue weighted by Gasteiger charge is 2.57. The van der Waals surface area contributed by atoms with Crippen LogP contribution in [0.15, 0.2) is 0 Å². The van der Waals surface area contributed by atoms with Crippen LogP contribution < -0.4 is 0 Å². The van der Waals surface area contributed by atoms with Crippen LogP contribution in [-0.2, 0) is 19.2 Å². The predicted octanol–water partition coefficient (Wildman–Crippen LogP) is 1.76. The van der Waals surface area contributed by atoms with Gasteiger partial charge in [-0.05, 0) is 24.7 Å². The van der Waals surface area contributed by atoms with Gasteiger partial charge < -0.3 is 5.11 Å². The predicted molar refractivity (Wildman–Crippen MR) is 70.6 cm³/mol. The Hall–Kier alpha value is -0.870. The zero-order valence-electron chi connectivity index (χ0n) is 12.2. The molecule has 1 amide bonds. The highest BCUT2D eigenvalue weighted by atomic mass is 32.2. The van der Waals surface area contributed by atoms with Crippen LogP contribution in [0, 0.1) is 23.7 Å². The summed E-state index contributed by atoms with van der Waals surface area (Å²) < 4.78 is 63.9. The third-order valence-corrected chi connectivity index (χ3v) is 6.25. The van der Waals surface area contributed by atoms with Gasteiger partial charge in [0.05, 0.1) is 0 Å². The van der Waals surface area contributed by atoms with Gasteiger partial charge in [-0.2, -0.15) is 26.7 Å². The first-order valence-electron chi connectivity index (χ1n) is 7.65. The molecule has 1 heterocycles. The Morgan fingerprint density at radius 3 is 2.35 bits per heavy atom. The van der Waals surface area contributed by atoms with Crippen LogP contribution in [0.2, 0.25) is 0 Å². The van der Waals surface area contributed by atoms with Crippen molar-refractivity contribution in [3.05, 3.63) is 0 Å². The molecule has 5 atom stereocenters. The molecular weight excluding hydrogens is 339 g/mol. The number of alkyl halides is 3. The van der Waals surface area contributed by atoms with Crippen molar-refractivity contribution in [1.82, 2.24) is 5.06 Å². The van der Waals surface area contributed by atoms with Crippen LogP contribution in [0.1, 0.15) is 38.5 Å². The van der Waals surface area contributed by atoms with Gasteiger partial charge in [0.25, 0.3) is 5.91 Å². The third-order valence-electron chi connectivity index (χ3n) is 5.33. The maximum atomic E-state index is 12.5. The van der Waals surface area contributed by atoms with Gasteiger partial charge in [-0.15, -0.1) is 4.28 Å². The molecule has 0 bridgehead atoms. The minimum atomic E-state index is -5.98. The van der Waals surface area contributed by atoms with Gasteiger partial charge in [-0.3, -0.25) is 4.79 Å². The van der Waals surface area contributed by atoms with Gasteiger partial charge in [0.15, 0.2) is 6.23 Å². The maximum Gasteiger partial charge on any atom is 0.525 e. The summed E-state index contributed by atoms with van der Waals surface area (Å²) in [5.74, 6) is -1.73. The molecular formula is C13H18F3NO5S.